The highest BCUT2D eigenvalue weighted by molar-refractivity contribution is 5.83. The predicted octanol–water partition coefficient (Wildman–Crippen LogP) is 7.89. The van der Waals surface area contributed by atoms with Crippen molar-refractivity contribution in [3.05, 3.63) is 77.4 Å². The molecule has 2 aromatic carbocycles. The molecular weight excluding hydrogens is 400 g/mol. The van der Waals surface area contributed by atoms with Crippen molar-refractivity contribution in [3.8, 4) is 0 Å². The first kappa shape index (κ1) is 21.7. The number of fused-ring (bicyclic) bond motifs is 3. The molecule has 6 rings (SSSR count). The molecule has 2 bridgehead atoms. The Morgan fingerprint density at radius 1 is 0.818 bits per heavy atom. The summed E-state index contributed by atoms with van der Waals surface area (Å²) in [5.41, 5.74) is 7.06. The quantitative estimate of drug-likeness (QED) is 0.514. The van der Waals surface area contributed by atoms with Gasteiger partial charge in [0.05, 0.1) is 0 Å². The predicted molar refractivity (Wildman–Crippen MR) is 137 cm³/mol. The zero-order valence-electron chi connectivity index (χ0n) is 20.5. The van der Waals surface area contributed by atoms with E-state index in [0.29, 0.717) is 23.4 Å². The normalized spacial score (nSPS) is 39.6. The number of hydrogen-bond donors (Lipinski definition) is 1. The van der Waals surface area contributed by atoms with Crippen LogP contribution in [0.3, 0.4) is 0 Å². The first-order valence-electron chi connectivity index (χ1n) is 13.4. The molecule has 0 radical (unpaired) electrons. The number of allylic oxidation sites excluding steroid dienone is 1. The Kier molecular flexibility index (Phi) is 5.14. The van der Waals surface area contributed by atoms with E-state index in [-0.39, 0.29) is 5.41 Å². The summed E-state index contributed by atoms with van der Waals surface area (Å²) in [5, 5.41) is 10.4. The van der Waals surface area contributed by atoms with Crippen LogP contribution in [0.1, 0.15) is 82.8 Å². The molecule has 0 unspecified atom stereocenters. The Hall–Kier alpha value is -1.86. The molecule has 4 saturated carbocycles. The zero-order chi connectivity index (χ0) is 22.7. The van der Waals surface area contributed by atoms with Gasteiger partial charge in [-0.15, -0.1) is 0 Å². The zero-order valence-corrected chi connectivity index (χ0v) is 20.5. The molecule has 33 heavy (non-hydrogen) atoms. The Morgan fingerprint density at radius 2 is 1.48 bits per heavy atom. The highest BCUT2D eigenvalue weighted by Crippen LogP contribution is 2.72. The van der Waals surface area contributed by atoms with Gasteiger partial charge in [-0.25, -0.2) is 0 Å². The summed E-state index contributed by atoms with van der Waals surface area (Å²) in [6, 6.07) is 22.4. The number of hydrogen-bond acceptors (Lipinski definition) is 1. The third kappa shape index (κ3) is 3.22. The molecule has 4 aliphatic rings. The summed E-state index contributed by atoms with van der Waals surface area (Å²) in [4.78, 5) is 0. The average Bonchev–Trinajstić information content (AvgIpc) is 3.10. The molecule has 0 saturated heterocycles. The fourth-order valence-corrected chi connectivity index (χ4v) is 9.59. The van der Waals surface area contributed by atoms with Gasteiger partial charge in [0, 0.05) is 6.61 Å². The van der Waals surface area contributed by atoms with E-state index in [1.807, 2.05) is 0 Å². The highest BCUT2D eigenvalue weighted by Gasteiger charge is 2.63. The molecule has 0 aromatic heterocycles. The molecular formula is C32H40O. The van der Waals surface area contributed by atoms with Crippen molar-refractivity contribution in [3.63, 3.8) is 0 Å². The SMILES string of the molecule is C[C@@]1(CO)CCC[C@]2(C)[C@@H]1CC[C@]13CC(=C(c4ccccc4)c4ccccc4)[C@H](CC[C@H]12)C3. The van der Waals surface area contributed by atoms with Crippen LogP contribution in [0.15, 0.2) is 66.2 Å². The van der Waals surface area contributed by atoms with Crippen molar-refractivity contribution in [1.29, 1.82) is 0 Å². The van der Waals surface area contributed by atoms with Crippen molar-refractivity contribution in [2.75, 3.05) is 6.61 Å². The van der Waals surface area contributed by atoms with Crippen LogP contribution >= 0.6 is 0 Å². The fraction of sp³-hybridized carbons (Fsp3) is 0.562. The maximum atomic E-state index is 10.4. The standard InChI is InChI=1S/C32H40O/c1-30(22-33)17-9-18-31(2)27(30)16-19-32-20-25(14-15-28(31)32)26(21-32)29(23-10-5-3-6-11-23)24-12-7-4-8-13-24/h3-8,10-13,25,27-28,33H,9,14-22H2,1-2H3/t25-,27-,28+,30+,31-,32+/m1/s1. The van der Waals surface area contributed by atoms with Gasteiger partial charge in [0.1, 0.15) is 0 Å². The molecule has 4 aliphatic carbocycles. The van der Waals surface area contributed by atoms with Gasteiger partial charge in [-0.3, -0.25) is 0 Å². The molecule has 1 spiro atoms. The third-order valence-corrected chi connectivity index (χ3v) is 10.9. The molecule has 0 aliphatic heterocycles. The van der Waals surface area contributed by atoms with Crippen LogP contribution in [0.2, 0.25) is 0 Å². The van der Waals surface area contributed by atoms with Crippen molar-refractivity contribution < 1.29 is 5.11 Å². The molecule has 1 N–H and O–H groups in total. The summed E-state index contributed by atoms with van der Waals surface area (Å²) in [6.07, 6.45) is 12.0. The van der Waals surface area contributed by atoms with E-state index in [4.69, 9.17) is 0 Å². The molecule has 2 aromatic rings. The smallest absolute Gasteiger partial charge is 0.0487 e. The maximum Gasteiger partial charge on any atom is 0.0487 e. The van der Waals surface area contributed by atoms with Gasteiger partial charge in [0.2, 0.25) is 0 Å². The fourth-order valence-electron chi connectivity index (χ4n) is 9.59. The molecule has 174 valence electrons. The molecule has 6 atom stereocenters. The minimum absolute atomic E-state index is 0.127. The minimum Gasteiger partial charge on any atom is -0.396 e. The minimum atomic E-state index is 0.127. The van der Waals surface area contributed by atoms with Crippen molar-refractivity contribution in [2.45, 2.75) is 71.6 Å². The Morgan fingerprint density at radius 3 is 2.12 bits per heavy atom. The van der Waals surface area contributed by atoms with Gasteiger partial charge in [-0.2, -0.15) is 0 Å². The highest BCUT2D eigenvalue weighted by atomic mass is 16.3. The second-order valence-corrected chi connectivity index (χ2v) is 12.5. The lowest BCUT2D eigenvalue weighted by molar-refractivity contribution is -0.158. The lowest BCUT2D eigenvalue weighted by Crippen LogP contribution is -2.57. The van der Waals surface area contributed by atoms with E-state index in [0.717, 1.165) is 11.8 Å². The summed E-state index contributed by atoms with van der Waals surface area (Å²) in [6.45, 7) is 5.39. The van der Waals surface area contributed by atoms with Gasteiger partial charge < -0.3 is 5.11 Å². The first-order chi connectivity index (χ1) is 16.0. The van der Waals surface area contributed by atoms with Gasteiger partial charge >= 0.3 is 0 Å². The largest absolute Gasteiger partial charge is 0.396 e. The number of aliphatic hydroxyl groups is 1. The molecule has 1 heteroatoms. The average molecular weight is 441 g/mol. The van der Waals surface area contributed by atoms with E-state index >= 15 is 0 Å². The second-order valence-electron chi connectivity index (χ2n) is 12.5. The van der Waals surface area contributed by atoms with Crippen molar-refractivity contribution in [2.24, 2.45) is 34.0 Å². The number of aliphatic hydroxyl groups excluding tert-OH is 1. The van der Waals surface area contributed by atoms with Crippen LogP contribution in [0, 0.1) is 34.0 Å². The van der Waals surface area contributed by atoms with E-state index in [1.165, 1.54) is 74.5 Å². The molecule has 0 heterocycles. The summed E-state index contributed by atoms with van der Waals surface area (Å²) in [7, 11) is 0. The van der Waals surface area contributed by atoms with Gasteiger partial charge in [-0.05, 0) is 102 Å². The van der Waals surface area contributed by atoms with Crippen LogP contribution in [0.25, 0.3) is 5.57 Å². The van der Waals surface area contributed by atoms with Crippen LogP contribution < -0.4 is 0 Å². The summed E-state index contributed by atoms with van der Waals surface area (Å²) >= 11 is 0. The number of benzene rings is 2. The van der Waals surface area contributed by atoms with Gasteiger partial charge in [0.15, 0.2) is 0 Å². The van der Waals surface area contributed by atoms with Crippen LogP contribution in [0.5, 0.6) is 0 Å². The Labute approximate surface area is 200 Å². The second kappa shape index (κ2) is 7.84. The van der Waals surface area contributed by atoms with E-state index < -0.39 is 0 Å². The van der Waals surface area contributed by atoms with Gasteiger partial charge in [0.25, 0.3) is 0 Å². The molecule has 0 amide bonds. The van der Waals surface area contributed by atoms with E-state index in [2.05, 4.69) is 74.5 Å². The van der Waals surface area contributed by atoms with Crippen molar-refractivity contribution >= 4 is 5.57 Å². The molecule has 1 nitrogen and oxygen atoms in total. The lowest BCUT2D eigenvalue weighted by Gasteiger charge is -2.64. The Balaban J connectivity index is 1.44. The van der Waals surface area contributed by atoms with Crippen LogP contribution in [0.4, 0.5) is 0 Å². The maximum absolute atomic E-state index is 10.4. The van der Waals surface area contributed by atoms with Crippen LogP contribution in [-0.2, 0) is 0 Å². The topological polar surface area (TPSA) is 20.2 Å². The lowest BCUT2D eigenvalue weighted by atomic mass is 9.41. The van der Waals surface area contributed by atoms with Gasteiger partial charge in [-0.1, -0.05) is 86.5 Å². The van der Waals surface area contributed by atoms with Crippen molar-refractivity contribution in [1.82, 2.24) is 0 Å². The number of rotatable bonds is 3. The Bertz CT molecular complexity index is 997. The van der Waals surface area contributed by atoms with E-state index in [1.54, 1.807) is 5.57 Å². The van der Waals surface area contributed by atoms with E-state index in [9.17, 15) is 5.11 Å². The molecule has 4 fully saturated rings. The first-order valence-corrected chi connectivity index (χ1v) is 13.4. The summed E-state index contributed by atoms with van der Waals surface area (Å²) < 4.78 is 0. The monoisotopic (exact) mass is 440 g/mol. The summed E-state index contributed by atoms with van der Waals surface area (Å²) in [5.74, 6) is 2.24. The van der Waals surface area contributed by atoms with Crippen LogP contribution in [-0.4, -0.2) is 11.7 Å². The third-order valence-electron chi connectivity index (χ3n) is 10.9.